The smallest absolute Gasteiger partial charge is 0.328 e. The zero-order valence-electron chi connectivity index (χ0n) is 11.5. The first-order chi connectivity index (χ1) is 9.43. The molecule has 0 aromatic heterocycles. The highest BCUT2D eigenvalue weighted by Crippen LogP contribution is 2.22. The fourth-order valence-electron chi connectivity index (χ4n) is 1.88. The molecule has 5 heteroatoms. The van der Waals surface area contributed by atoms with E-state index in [4.69, 9.17) is 10.4 Å². The molecule has 20 heavy (non-hydrogen) atoms. The largest absolute Gasteiger partial charge is 0.478 e. The molecule has 0 fully saturated rings. The first kappa shape index (κ1) is 15.7. The van der Waals surface area contributed by atoms with Crippen molar-refractivity contribution in [2.45, 2.75) is 26.3 Å². The van der Waals surface area contributed by atoms with E-state index in [-0.39, 0.29) is 6.04 Å². The molecule has 0 spiro atoms. The van der Waals surface area contributed by atoms with Gasteiger partial charge in [0, 0.05) is 24.4 Å². The highest BCUT2D eigenvalue weighted by atomic mass is 19.1. The molecular weight excluding hydrogens is 259 g/mol. The van der Waals surface area contributed by atoms with Gasteiger partial charge in [-0.3, -0.25) is 0 Å². The highest BCUT2D eigenvalue weighted by molar-refractivity contribution is 5.85. The molecular formula is C15H17FN2O2. The molecule has 0 radical (unpaired) electrons. The van der Waals surface area contributed by atoms with Crippen LogP contribution in [0.3, 0.4) is 0 Å². The van der Waals surface area contributed by atoms with E-state index in [1.54, 1.807) is 6.07 Å². The minimum absolute atomic E-state index is 0.112. The maximum absolute atomic E-state index is 13.6. The van der Waals surface area contributed by atoms with Gasteiger partial charge in [-0.25, -0.2) is 9.18 Å². The van der Waals surface area contributed by atoms with Crippen molar-refractivity contribution in [1.29, 1.82) is 5.26 Å². The summed E-state index contributed by atoms with van der Waals surface area (Å²) in [5, 5.41) is 17.3. The fourth-order valence-corrected chi connectivity index (χ4v) is 1.88. The summed E-state index contributed by atoms with van der Waals surface area (Å²) in [5.74, 6) is -1.52. The van der Waals surface area contributed by atoms with Crippen LogP contribution in [0.4, 0.5) is 10.1 Å². The van der Waals surface area contributed by atoms with Crippen LogP contribution in [0.1, 0.15) is 25.8 Å². The summed E-state index contributed by atoms with van der Waals surface area (Å²) in [4.78, 5) is 12.4. The summed E-state index contributed by atoms with van der Waals surface area (Å²) in [5.41, 5.74) is 1.12. The van der Waals surface area contributed by atoms with Gasteiger partial charge in [0.1, 0.15) is 5.82 Å². The topological polar surface area (TPSA) is 64.3 Å². The first-order valence-corrected chi connectivity index (χ1v) is 6.29. The van der Waals surface area contributed by atoms with Gasteiger partial charge in [-0.15, -0.1) is 0 Å². The van der Waals surface area contributed by atoms with Crippen LogP contribution in [0.15, 0.2) is 24.3 Å². The molecule has 0 unspecified atom stereocenters. The normalized spacial score (nSPS) is 10.8. The van der Waals surface area contributed by atoms with Gasteiger partial charge in [-0.1, -0.05) is 0 Å². The Balaban J connectivity index is 3.09. The summed E-state index contributed by atoms with van der Waals surface area (Å²) < 4.78 is 13.6. The number of carboxylic acids is 1. The Morgan fingerprint density at radius 3 is 2.75 bits per heavy atom. The van der Waals surface area contributed by atoms with Gasteiger partial charge in [0.15, 0.2) is 0 Å². The number of carboxylic acid groups (broad SMARTS) is 1. The van der Waals surface area contributed by atoms with Crippen LogP contribution < -0.4 is 4.90 Å². The standard InChI is InChI=1S/C15H17FN2O2/c1-11(2)18(7-3-6-17)14-9-12(4-5-15(19)20)8-13(16)10-14/h4-5,8-11H,3,7H2,1-2H3,(H,19,20)/b5-4+. The Labute approximate surface area is 117 Å². The lowest BCUT2D eigenvalue weighted by Crippen LogP contribution is -2.31. The summed E-state index contributed by atoms with van der Waals surface area (Å²) in [6, 6.07) is 6.54. The average molecular weight is 276 g/mol. The van der Waals surface area contributed by atoms with Gasteiger partial charge in [0.05, 0.1) is 12.5 Å². The van der Waals surface area contributed by atoms with Crippen molar-refractivity contribution in [3.63, 3.8) is 0 Å². The number of rotatable bonds is 6. The van der Waals surface area contributed by atoms with E-state index in [2.05, 4.69) is 6.07 Å². The monoisotopic (exact) mass is 276 g/mol. The molecule has 0 heterocycles. The van der Waals surface area contributed by atoms with E-state index in [0.717, 1.165) is 6.08 Å². The molecule has 0 amide bonds. The van der Waals surface area contributed by atoms with Crippen molar-refractivity contribution in [2.75, 3.05) is 11.4 Å². The van der Waals surface area contributed by atoms with E-state index < -0.39 is 11.8 Å². The van der Waals surface area contributed by atoms with Crippen LogP contribution in [0, 0.1) is 17.1 Å². The van der Waals surface area contributed by atoms with Crippen LogP contribution in [0.2, 0.25) is 0 Å². The maximum atomic E-state index is 13.6. The molecule has 1 N–H and O–H groups in total. The second-order valence-corrected chi connectivity index (χ2v) is 4.61. The molecule has 0 aliphatic carbocycles. The SMILES string of the molecule is CC(C)N(CCC#N)c1cc(F)cc(/C=C/C(=O)O)c1. The number of hydrogen-bond acceptors (Lipinski definition) is 3. The lowest BCUT2D eigenvalue weighted by atomic mass is 10.1. The zero-order valence-corrected chi connectivity index (χ0v) is 11.5. The third-order valence-electron chi connectivity index (χ3n) is 2.74. The number of nitrogens with zero attached hydrogens (tertiary/aromatic N) is 2. The van der Waals surface area contributed by atoms with Crippen molar-refractivity contribution < 1.29 is 14.3 Å². The van der Waals surface area contributed by atoms with Crippen molar-refractivity contribution in [2.24, 2.45) is 0 Å². The highest BCUT2D eigenvalue weighted by Gasteiger charge is 2.12. The molecule has 1 aromatic rings. The van der Waals surface area contributed by atoms with E-state index in [1.165, 1.54) is 18.2 Å². The Morgan fingerprint density at radius 2 is 2.20 bits per heavy atom. The third-order valence-corrected chi connectivity index (χ3v) is 2.74. The lowest BCUT2D eigenvalue weighted by molar-refractivity contribution is -0.131. The van der Waals surface area contributed by atoms with Crippen LogP contribution in [0.25, 0.3) is 6.08 Å². The van der Waals surface area contributed by atoms with E-state index in [9.17, 15) is 9.18 Å². The quantitative estimate of drug-likeness (QED) is 0.811. The van der Waals surface area contributed by atoms with E-state index >= 15 is 0 Å². The predicted molar refractivity (Wildman–Crippen MR) is 75.8 cm³/mol. The Bertz CT molecular complexity index is 547. The zero-order chi connectivity index (χ0) is 15.1. The molecule has 0 saturated carbocycles. The molecule has 0 saturated heterocycles. The van der Waals surface area contributed by atoms with Crippen LogP contribution in [0.5, 0.6) is 0 Å². The molecule has 1 rings (SSSR count). The Morgan fingerprint density at radius 1 is 1.50 bits per heavy atom. The number of hydrogen-bond donors (Lipinski definition) is 1. The van der Waals surface area contributed by atoms with Gasteiger partial charge < -0.3 is 10.0 Å². The molecule has 4 nitrogen and oxygen atoms in total. The average Bonchev–Trinajstić information content (AvgIpc) is 2.36. The lowest BCUT2D eigenvalue weighted by Gasteiger charge is -2.28. The first-order valence-electron chi connectivity index (χ1n) is 6.29. The van der Waals surface area contributed by atoms with Gasteiger partial charge in [-0.2, -0.15) is 5.26 Å². The van der Waals surface area contributed by atoms with Crippen LogP contribution in [-0.4, -0.2) is 23.7 Å². The summed E-state index contributed by atoms with van der Waals surface area (Å²) in [6.45, 7) is 4.41. The van der Waals surface area contributed by atoms with Crippen molar-refractivity contribution in [3.8, 4) is 6.07 Å². The molecule has 0 atom stereocenters. The predicted octanol–water partition coefficient (Wildman–Crippen LogP) is 3.05. The molecule has 1 aromatic carbocycles. The summed E-state index contributed by atoms with van der Waals surface area (Å²) in [6.07, 6.45) is 2.65. The molecule has 106 valence electrons. The van der Waals surface area contributed by atoms with Gasteiger partial charge in [0.25, 0.3) is 0 Å². The number of halogens is 1. The van der Waals surface area contributed by atoms with Crippen molar-refractivity contribution >= 4 is 17.7 Å². The Hall–Kier alpha value is -2.35. The number of aliphatic carboxylic acids is 1. The molecule has 0 aliphatic rings. The van der Waals surface area contributed by atoms with Gasteiger partial charge in [-0.05, 0) is 43.7 Å². The van der Waals surface area contributed by atoms with Crippen molar-refractivity contribution in [3.05, 3.63) is 35.7 Å². The number of anilines is 1. The summed E-state index contributed by atoms with van der Waals surface area (Å²) >= 11 is 0. The van der Waals surface area contributed by atoms with E-state index in [0.29, 0.717) is 24.2 Å². The minimum Gasteiger partial charge on any atom is -0.478 e. The maximum Gasteiger partial charge on any atom is 0.328 e. The second kappa shape index (κ2) is 7.29. The molecule has 0 bridgehead atoms. The third kappa shape index (κ3) is 4.73. The van der Waals surface area contributed by atoms with Gasteiger partial charge in [0.2, 0.25) is 0 Å². The van der Waals surface area contributed by atoms with Crippen molar-refractivity contribution in [1.82, 2.24) is 0 Å². The Kier molecular flexibility index (Phi) is 5.73. The van der Waals surface area contributed by atoms with E-state index in [1.807, 2.05) is 18.7 Å². The second-order valence-electron chi connectivity index (χ2n) is 4.61. The number of carbonyl (C=O) groups is 1. The number of nitriles is 1. The minimum atomic E-state index is -1.08. The van der Waals surface area contributed by atoms with Gasteiger partial charge >= 0.3 is 5.97 Å². The molecule has 0 aliphatic heterocycles. The number of benzene rings is 1. The fraction of sp³-hybridized carbons (Fsp3) is 0.333. The summed E-state index contributed by atoms with van der Waals surface area (Å²) in [7, 11) is 0. The van der Waals surface area contributed by atoms with Crippen LogP contribution >= 0.6 is 0 Å². The van der Waals surface area contributed by atoms with Crippen LogP contribution in [-0.2, 0) is 4.79 Å².